The third-order valence-corrected chi connectivity index (χ3v) is 10.7. The third-order valence-electron chi connectivity index (χ3n) is 7.12. The van der Waals surface area contributed by atoms with Gasteiger partial charge in [-0.25, -0.2) is 0 Å². The Balaban J connectivity index is 1.70. The number of halogens is 2. The maximum Gasteiger partial charge on any atom is 0.310 e. The Morgan fingerprint density at radius 3 is 2.79 bits per heavy atom. The van der Waals surface area contributed by atoms with Gasteiger partial charge in [-0.2, -0.15) is 0 Å². The van der Waals surface area contributed by atoms with Crippen LogP contribution >= 0.6 is 39.3 Å². The second-order valence-electron chi connectivity index (χ2n) is 9.15. The van der Waals surface area contributed by atoms with Crippen LogP contribution in [-0.4, -0.2) is 68.4 Å². The molecule has 2 amide bonds. The Morgan fingerprint density at radius 2 is 2.12 bits per heavy atom. The Bertz CT molecular complexity index is 960. The van der Waals surface area contributed by atoms with E-state index in [-0.39, 0.29) is 41.1 Å². The largest absolute Gasteiger partial charge is 0.466 e. The van der Waals surface area contributed by atoms with Crippen LogP contribution in [0, 0.1) is 18.8 Å². The van der Waals surface area contributed by atoms with E-state index >= 15 is 0 Å². The van der Waals surface area contributed by atoms with Crippen molar-refractivity contribution < 1.29 is 24.2 Å². The number of unbranched alkanes of at least 4 members (excludes halogenated alkanes) is 2. The first kappa shape index (κ1) is 25.8. The fraction of sp³-hybridized carbons (Fsp3) is 0.625. The zero-order valence-corrected chi connectivity index (χ0v) is 22.4. The molecule has 3 aliphatic rings. The molecule has 0 aliphatic carbocycles. The van der Waals surface area contributed by atoms with Crippen LogP contribution < -0.4 is 5.32 Å². The maximum absolute atomic E-state index is 13.8. The number of aliphatic hydroxyl groups is 1. The van der Waals surface area contributed by atoms with Gasteiger partial charge in [0.1, 0.15) is 6.04 Å². The quantitative estimate of drug-likeness (QED) is 0.265. The minimum absolute atomic E-state index is 0.00245. The van der Waals surface area contributed by atoms with Crippen LogP contribution in [0.25, 0.3) is 0 Å². The summed E-state index contributed by atoms with van der Waals surface area (Å²) in [6.45, 7) is 4.35. The molecule has 3 saturated heterocycles. The molecule has 2 bridgehead atoms. The smallest absolute Gasteiger partial charge is 0.310 e. The highest BCUT2D eigenvalue weighted by Crippen LogP contribution is 2.68. The van der Waals surface area contributed by atoms with Gasteiger partial charge in [0.25, 0.3) is 0 Å². The molecule has 2 N–H and O–H groups in total. The van der Waals surface area contributed by atoms with E-state index in [1.54, 1.807) is 29.7 Å². The predicted molar refractivity (Wildman–Crippen MR) is 136 cm³/mol. The lowest BCUT2D eigenvalue weighted by Crippen LogP contribution is -2.52. The number of rotatable bonds is 9. The molecule has 0 radical (unpaired) electrons. The molecule has 186 valence electrons. The molecule has 3 aliphatic heterocycles. The van der Waals surface area contributed by atoms with Crippen molar-refractivity contribution >= 4 is 62.8 Å². The molecule has 3 unspecified atom stereocenters. The summed E-state index contributed by atoms with van der Waals surface area (Å²) in [5, 5.41) is 12.5. The third kappa shape index (κ3) is 4.27. The molecule has 7 nitrogen and oxygen atoms in total. The van der Waals surface area contributed by atoms with Gasteiger partial charge >= 0.3 is 5.97 Å². The first-order chi connectivity index (χ1) is 16.3. The number of amides is 2. The standard InChI is InChI=1S/C24H30BrClN2O5S/c1-3-33-23(32)16-17-22(31)28(10-5-4-6-11-29)20(24(17)12-14(25)19(16)34-24)21(30)27-18-13(2)8-7-9-15(18)26/h7-9,14,16-17,19-20,29H,3-6,10-12H2,1-2H3,(H,27,30)/t14?,16-,17-,19-,20?,24?/m0/s1. The summed E-state index contributed by atoms with van der Waals surface area (Å²) >= 11 is 11.7. The molecule has 34 heavy (non-hydrogen) atoms. The van der Waals surface area contributed by atoms with Crippen molar-refractivity contribution in [3.05, 3.63) is 28.8 Å². The number of hydrogen-bond donors (Lipinski definition) is 2. The molecule has 3 fully saturated rings. The Kier molecular flexibility index (Phi) is 7.86. The van der Waals surface area contributed by atoms with E-state index in [0.717, 1.165) is 12.0 Å². The van der Waals surface area contributed by atoms with Gasteiger partial charge in [0.2, 0.25) is 11.8 Å². The molecule has 3 heterocycles. The monoisotopic (exact) mass is 572 g/mol. The highest BCUT2D eigenvalue weighted by molar-refractivity contribution is 9.09. The predicted octanol–water partition coefficient (Wildman–Crippen LogP) is 3.78. The highest BCUT2D eigenvalue weighted by atomic mass is 79.9. The lowest BCUT2D eigenvalue weighted by molar-refractivity contribution is -0.153. The van der Waals surface area contributed by atoms with Gasteiger partial charge in [-0.3, -0.25) is 14.4 Å². The average Bonchev–Trinajstić information content (AvgIpc) is 3.37. The number of benzene rings is 1. The minimum atomic E-state index is -0.732. The molecule has 1 aromatic carbocycles. The van der Waals surface area contributed by atoms with Gasteiger partial charge < -0.3 is 20.1 Å². The van der Waals surface area contributed by atoms with Crippen LogP contribution in [-0.2, 0) is 19.1 Å². The van der Waals surface area contributed by atoms with E-state index in [4.69, 9.17) is 21.4 Å². The number of likely N-dealkylation sites (tertiary alicyclic amines) is 1. The minimum Gasteiger partial charge on any atom is -0.466 e. The summed E-state index contributed by atoms with van der Waals surface area (Å²) in [5.41, 5.74) is 1.37. The normalized spacial score (nSPS) is 31.6. The number of carbonyl (C=O) groups excluding carboxylic acids is 3. The Labute approximate surface area is 217 Å². The molecule has 10 heteroatoms. The van der Waals surface area contributed by atoms with E-state index < -0.39 is 22.6 Å². The summed E-state index contributed by atoms with van der Waals surface area (Å²) in [6, 6.07) is 4.68. The number of para-hydroxylation sites is 1. The van der Waals surface area contributed by atoms with Gasteiger partial charge in [-0.05, 0) is 51.2 Å². The van der Waals surface area contributed by atoms with Crippen LogP contribution in [0.1, 0.15) is 38.2 Å². The number of hydrogen-bond acceptors (Lipinski definition) is 6. The number of nitrogens with one attached hydrogen (secondary N) is 1. The fourth-order valence-electron chi connectivity index (χ4n) is 5.73. The van der Waals surface area contributed by atoms with Crippen molar-refractivity contribution in [2.75, 3.05) is 25.1 Å². The number of carbonyl (C=O) groups is 3. The summed E-state index contributed by atoms with van der Waals surface area (Å²) < 4.78 is 4.64. The molecular weight excluding hydrogens is 544 g/mol. The number of ether oxygens (including phenoxy) is 1. The first-order valence-corrected chi connectivity index (χ1v) is 13.9. The summed E-state index contributed by atoms with van der Waals surface area (Å²) in [4.78, 5) is 42.3. The number of esters is 1. The molecule has 1 aromatic rings. The topological polar surface area (TPSA) is 95.9 Å². The Morgan fingerprint density at radius 1 is 1.35 bits per heavy atom. The van der Waals surface area contributed by atoms with Crippen molar-refractivity contribution in [1.82, 2.24) is 4.90 Å². The molecular formula is C24H30BrClN2O5S. The second kappa shape index (κ2) is 10.4. The summed E-state index contributed by atoms with van der Waals surface area (Å²) in [5.74, 6) is -2.00. The van der Waals surface area contributed by atoms with E-state index in [9.17, 15) is 14.4 Å². The van der Waals surface area contributed by atoms with E-state index in [0.29, 0.717) is 36.5 Å². The zero-order valence-electron chi connectivity index (χ0n) is 19.3. The van der Waals surface area contributed by atoms with Crippen LogP contribution in [0.3, 0.4) is 0 Å². The van der Waals surface area contributed by atoms with Crippen molar-refractivity contribution in [3.63, 3.8) is 0 Å². The summed E-state index contributed by atoms with van der Waals surface area (Å²) in [6.07, 6.45) is 2.66. The highest BCUT2D eigenvalue weighted by Gasteiger charge is 2.75. The van der Waals surface area contributed by atoms with Gasteiger partial charge in [0.05, 0.1) is 33.9 Å². The van der Waals surface area contributed by atoms with Crippen molar-refractivity contribution in [3.8, 4) is 0 Å². The number of fused-ring (bicyclic) bond motifs is 1. The van der Waals surface area contributed by atoms with E-state index in [2.05, 4.69) is 21.2 Å². The second-order valence-corrected chi connectivity index (χ2v) is 12.3. The van der Waals surface area contributed by atoms with Crippen molar-refractivity contribution in [2.45, 2.75) is 60.4 Å². The zero-order chi connectivity index (χ0) is 24.6. The lowest BCUT2D eigenvalue weighted by atomic mass is 9.71. The fourth-order valence-corrected chi connectivity index (χ4v) is 9.60. The van der Waals surface area contributed by atoms with Crippen LogP contribution in [0.4, 0.5) is 5.69 Å². The van der Waals surface area contributed by atoms with Gasteiger partial charge in [0.15, 0.2) is 0 Å². The lowest BCUT2D eigenvalue weighted by Gasteiger charge is -2.35. The first-order valence-electron chi connectivity index (χ1n) is 11.7. The van der Waals surface area contributed by atoms with E-state index in [1.807, 2.05) is 19.1 Å². The number of thioether (sulfide) groups is 1. The van der Waals surface area contributed by atoms with Crippen LogP contribution in [0.5, 0.6) is 0 Å². The Hall–Kier alpha value is -1.29. The van der Waals surface area contributed by atoms with Gasteiger partial charge in [-0.1, -0.05) is 39.7 Å². The molecule has 1 spiro atoms. The van der Waals surface area contributed by atoms with E-state index in [1.165, 1.54) is 0 Å². The van der Waals surface area contributed by atoms with Crippen molar-refractivity contribution in [1.29, 1.82) is 0 Å². The van der Waals surface area contributed by atoms with Crippen molar-refractivity contribution in [2.24, 2.45) is 11.8 Å². The summed E-state index contributed by atoms with van der Waals surface area (Å²) in [7, 11) is 0. The molecule has 0 saturated carbocycles. The van der Waals surface area contributed by atoms with Gasteiger partial charge in [-0.15, -0.1) is 11.8 Å². The molecule has 0 aromatic heterocycles. The SMILES string of the molecule is CCOC(=O)[C@H]1[C@H]2C(=O)N(CCCCCO)C(C(=O)Nc3c(C)cccc3Cl)C23CC(Br)[C@@H]1S3. The maximum atomic E-state index is 13.8. The molecule has 6 atom stereocenters. The number of nitrogens with zero attached hydrogens (tertiary/aromatic N) is 1. The van der Waals surface area contributed by atoms with Crippen LogP contribution in [0.2, 0.25) is 5.02 Å². The number of aryl methyl sites for hydroxylation is 1. The molecule has 4 rings (SSSR count). The number of anilines is 1. The van der Waals surface area contributed by atoms with Gasteiger partial charge in [0, 0.05) is 23.2 Å². The number of alkyl halides is 1. The van der Waals surface area contributed by atoms with Crippen LogP contribution in [0.15, 0.2) is 18.2 Å². The number of aliphatic hydroxyl groups excluding tert-OH is 1. The average molecular weight is 574 g/mol.